The second kappa shape index (κ2) is 16.7. The minimum atomic E-state index is -0.126. The lowest BCUT2D eigenvalue weighted by Gasteiger charge is -2.26. The molecule has 1 nitrogen and oxygen atoms in total. The second-order valence-electron chi connectivity index (χ2n) is 15.8. The number of fused-ring (bicyclic) bond motifs is 2. The fourth-order valence-electron chi connectivity index (χ4n) is 8.79. The Bertz CT molecular complexity index is 3550. The highest BCUT2D eigenvalue weighted by Gasteiger charge is 2.17. The summed E-state index contributed by atoms with van der Waals surface area (Å²) in [6.45, 7) is 0. The van der Waals surface area contributed by atoms with E-state index in [0.29, 0.717) is 16.9 Å². The van der Waals surface area contributed by atoms with E-state index in [1.807, 2.05) is 89.8 Å². The van der Waals surface area contributed by atoms with Crippen LogP contribution in [0.4, 0.5) is 17.1 Å². The summed E-state index contributed by atoms with van der Waals surface area (Å²) in [5.74, 6) is 0. The normalized spacial score (nSPS) is 12.1. The standard InChI is InChI=1S/C62H43N/c1-3-13-44(14-4-1)53-20-11-21-54(43-53)47-31-38-56(39-32-47)63(55-36-29-46(30-37-55)45-25-27-50(28-26-45)59-24-12-19-48-15-7-9-22-58(48)59)57-40-33-51(34-41-57)61-42-35-49-16-8-10-23-60(49)62(61)52-17-5-2-6-18-52/h1-43H/i31D,32D,38D,39D. The van der Waals surface area contributed by atoms with Crippen molar-refractivity contribution >= 4 is 38.6 Å². The number of hydrogen-bond donors (Lipinski definition) is 0. The first-order valence-corrected chi connectivity index (χ1v) is 21.3. The van der Waals surface area contributed by atoms with Gasteiger partial charge in [0.15, 0.2) is 0 Å². The molecule has 0 aliphatic rings. The van der Waals surface area contributed by atoms with Gasteiger partial charge in [-0.2, -0.15) is 0 Å². The van der Waals surface area contributed by atoms with E-state index in [4.69, 9.17) is 0 Å². The van der Waals surface area contributed by atoms with E-state index in [1.54, 1.807) is 0 Å². The number of nitrogens with zero attached hydrogens (tertiary/aromatic N) is 1. The molecule has 0 heterocycles. The maximum atomic E-state index is 9.63. The highest BCUT2D eigenvalue weighted by molar-refractivity contribution is 6.04. The zero-order chi connectivity index (χ0) is 45.4. The fraction of sp³-hybridized carbons (Fsp3) is 0. The number of rotatable bonds is 9. The van der Waals surface area contributed by atoms with Gasteiger partial charge in [-0.15, -0.1) is 0 Å². The Morgan fingerprint density at radius 3 is 1.37 bits per heavy atom. The number of benzene rings is 11. The zero-order valence-electron chi connectivity index (χ0n) is 38.5. The number of anilines is 3. The molecule has 0 bridgehead atoms. The summed E-state index contributed by atoms with van der Waals surface area (Å²) in [4.78, 5) is 1.86. The Labute approximate surface area is 375 Å². The van der Waals surface area contributed by atoms with Crippen LogP contribution in [0.15, 0.2) is 261 Å². The van der Waals surface area contributed by atoms with E-state index in [0.717, 1.165) is 55.5 Å². The predicted octanol–water partition coefficient (Wildman–Crippen LogP) is 17.5. The maximum absolute atomic E-state index is 9.63. The molecule has 0 aliphatic carbocycles. The maximum Gasteiger partial charge on any atom is 0.0645 e. The van der Waals surface area contributed by atoms with Crippen LogP contribution < -0.4 is 4.90 Å². The fourth-order valence-corrected chi connectivity index (χ4v) is 8.79. The van der Waals surface area contributed by atoms with Crippen molar-refractivity contribution in [1.82, 2.24) is 0 Å². The molecule has 0 saturated heterocycles. The third-order valence-corrected chi connectivity index (χ3v) is 12.0. The second-order valence-corrected chi connectivity index (χ2v) is 15.8. The first-order chi connectivity index (χ1) is 32.9. The van der Waals surface area contributed by atoms with Crippen molar-refractivity contribution in [2.75, 3.05) is 4.90 Å². The predicted molar refractivity (Wildman–Crippen MR) is 269 cm³/mol. The molecule has 11 aromatic rings. The van der Waals surface area contributed by atoms with E-state index < -0.39 is 0 Å². The third-order valence-electron chi connectivity index (χ3n) is 12.0. The van der Waals surface area contributed by atoms with Crippen LogP contribution in [0.1, 0.15) is 5.48 Å². The Morgan fingerprint density at radius 2 is 0.698 bits per heavy atom. The molecule has 296 valence electrons. The lowest BCUT2D eigenvalue weighted by atomic mass is 9.90. The molecule has 63 heavy (non-hydrogen) atoms. The van der Waals surface area contributed by atoms with Gasteiger partial charge in [-0.25, -0.2) is 0 Å². The molecule has 11 aromatic carbocycles. The molecule has 0 unspecified atom stereocenters. The quantitative estimate of drug-likeness (QED) is 0.140. The SMILES string of the molecule is [2H]c1c([2H])c(N(c2ccc(-c3ccc(-c4cccc5ccccc45)cc3)cc2)c2ccc(-c3ccc4ccccc4c3-c3ccccc3)cc2)c([2H])c([2H])c1-c1cccc(-c2ccccc2)c1. The Balaban J connectivity index is 1.02. The van der Waals surface area contributed by atoms with Gasteiger partial charge in [-0.3, -0.25) is 0 Å². The molecule has 0 atom stereocenters. The Morgan fingerprint density at radius 1 is 0.254 bits per heavy atom. The molecule has 0 radical (unpaired) electrons. The molecule has 11 rings (SSSR count). The van der Waals surface area contributed by atoms with Gasteiger partial charge in [0.1, 0.15) is 0 Å². The highest BCUT2D eigenvalue weighted by atomic mass is 15.1. The molecule has 0 amide bonds. The van der Waals surface area contributed by atoms with Crippen molar-refractivity contribution in [2.24, 2.45) is 0 Å². The lowest BCUT2D eigenvalue weighted by Crippen LogP contribution is -2.09. The van der Waals surface area contributed by atoms with Gasteiger partial charge >= 0.3 is 0 Å². The minimum Gasteiger partial charge on any atom is -0.311 e. The van der Waals surface area contributed by atoms with Crippen LogP contribution in [0, 0.1) is 0 Å². The van der Waals surface area contributed by atoms with Crippen LogP contribution in [-0.4, -0.2) is 0 Å². The van der Waals surface area contributed by atoms with Crippen molar-refractivity contribution in [3.05, 3.63) is 261 Å². The molecule has 0 aromatic heterocycles. The van der Waals surface area contributed by atoms with Crippen molar-refractivity contribution < 1.29 is 5.48 Å². The summed E-state index contributed by atoms with van der Waals surface area (Å²) < 4.78 is 38.2. The highest BCUT2D eigenvalue weighted by Crippen LogP contribution is 2.42. The van der Waals surface area contributed by atoms with Crippen LogP contribution in [0.25, 0.3) is 88.3 Å². The van der Waals surface area contributed by atoms with Crippen LogP contribution >= 0.6 is 0 Å². The summed E-state index contributed by atoms with van der Waals surface area (Å²) in [6, 6.07) is 80.3. The van der Waals surface area contributed by atoms with Gasteiger partial charge in [0.2, 0.25) is 0 Å². The number of hydrogen-bond acceptors (Lipinski definition) is 1. The molecular formula is C62H43N. The van der Waals surface area contributed by atoms with Crippen LogP contribution in [0.5, 0.6) is 0 Å². The van der Waals surface area contributed by atoms with Gasteiger partial charge < -0.3 is 4.90 Å². The first-order valence-electron chi connectivity index (χ1n) is 23.3. The van der Waals surface area contributed by atoms with Crippen LogP contribution in [0.3, 0.4) is 0 Å². The molecule has 0 saturated carbocycles. The average molecular weight is 806 g/mol. The molecule has 0 N–H and O–H groups in total. The van der Waals surface area contributed by atoms with Crippen LogP contribution in [0.2, 0.25) is 0 Å². The summed E-state index contributed by atoms with van der Waals surface area (Å²) in [5, 5.41) is 4.75. The molecule has 0 fully saturated rings. The van der Waals surface area contributed by atoms with Gasteiger partial charge in [0.05, 0.1) is 5.48 Å². The van der Waals surface area contributed by atoms with E-state index in [9.17, 15) is 5.48 Å². The summed E-state index contributed by atoms with van der Waals surface area (Å²) in [6.07, 6.45) is 0. The largest absolute Gasteiger partial charge is 0.311 e. The van der Waals surface area contributed by atoms with E-state index in [2.05, 4.69) is 152 Å². The van der Waals surface area contributed by atoms with Crippen molar-refractivity contribution in [3.63, 3.8) is 0 Å². The smallest absolute Gasteiger partial charge is 0.0645 e. The van der Waals surface area contributed by atoms with E-state index in [-0.39, 0.29) is 35.4 Å². The van der Waals surface area contributed by atoms with Gasteiger partial charge in [-0.1, -0.05) is 218 Å². The Hall–Kier alpha value is -8.26. The van der Waals surface area contributed by atoms with Crippen molar-refractivity contribution in [3.8, 4) is 66.8 Å². The summed E-state index contributed by atoms with van der Waals surface area (Å²) >= 11 is 0. The first kappa shape index (κ1) is 33.5. The zero-order valence-corrected chi connectivity index (χ0v) is 34.5. The Kier molecular flexibility index (Phi) is 8.84. The summed E-state index contributed by atoms with van der Waals surface area (Å²) in [5.41, 5.74) is 13.2. The van der Waals surface area contributed by atoms with E-state index >= 15 is 0 Å². The monoisotopic (exact) mass is 805 g/mol. The lowest BCUT2D eigenvalue weighted by molar-refractivity contribution is 1.28. The minimum absolute atomic E-state index is 0.102. The molecular weight excluding hydrogens is 759 g/mol. The van der Waals surface area contributed by atoms with Crippen LogP contribution in [-0.2, 0) is 0 Å². The van der Waals surface area contributed by atoms with Gasteiger partial charge in [-0.05, 0) is 131 Å². The molecule has 0 spiro atoms. The topological polar surface area (TPSA) is 3.24 Å². The van der Waals surface area contributed by atoms with Crippen molar-refractivity contribution in [1.29, 1.82) is 0 Å². The summed E-state index contributed by atoms with van der Waals surface area (Å²) in [7, 11) is 0. The van der Waals surface area contributed by atoms with Crippen molar-refractivity contribution in [2.45, 2.75) is 0 Å². The molecule has 1 heteroatoms. The van der Waals surface area contributed by atoms with Gasteiger partial charge in [0, 0.05) is 17.1 Å². The van der Waals surface area contributed by atoms with E-state index in [1.165, 1.54) is 21.7 Å². The third kappa shape index (κ3) is 7.47. The van der Waals surface area contributed by atoms with Gasteiger partial charge in [0.25, 0.3) is 0 Å². The average Bonchev–Trinajstić information content (AvgIpc) is 3.40. The molecule has 0 aliphatic heterocycles.